The molecule has 0 fully saturated rings. The van der Waals surface area contributed by atoms with Gasteiger partial charge in [-0.1, -0.05) is 15.9 Å². The number of hydrogen-bond donors (Lipinski definition) is 1. The Balaban J connectivity index is 3.35. The number of nitrogens with zero attached hydrogens (tertiary/aromatic N) is 1. The fraction of sp³-hybridized carbons (Fsp3) is 0.375. The average Bonchev–Trinajstić information content (AvgIpc) is 2.07. The second-order valence-corrected chi connectivity index (χ2v) is 3.19. The van der Waals surface area contributed by atoms with Crippen molar-refractivity contribution in [2.45, 2.75) is 18.7 Å². The van der Waals surface area contributed by atoms with Gasteiger partial charge in [-0.25, -0.2) is 8.78 Å². The van der Waals surface area contributed by atoms with E-state index in [1.807, 2.05) is 0 Å². The quantitative estimate of drug-likeness (QED) is 0.821. The molecule has 0 saturated heterocycles. The van der Waals surface area contributed by atoms with Crippen LogP contribution in [0.5, 0.6) is 0 Å². The van der Waals surface area contributed by atoms with Gasteiger partial charge in [-0.2, -0.15) is 0 Å². The zero-order valence-electron chi connectivity index (χ0n) is 7.02. The minimum Gasteiger partial charge on any atom is -0.397 e. The lowest BCUT2D eigenvalue weighted by Gasteiger charge is -2.11. The number of nitrogens with two attached hydrogens (primary N) is 1. The molecule has 0 amide bonds. The van der Waals surface area contributed by atoms with Gasteiger partial charge < -0.3 is 5.73 Å². The highest BCUT2D eigenvalue weighted by molar-refractivity contribution is 9.08. The van der Waals surface area contributed by atoms with Crippen molar-refractivity contribution in [3.8, 4) is 0 Å². The summed E-state index contributed by atoms with van der Waals surface area (Å²) in [6, 6.07) is 0. The van der Waals surface area contributed by atoms with E-state index in [1.165, 1.54) is 6.20 Å². The summed E-state index contributed by atoms with van der Waals surface area (Å²) >= 11 is 3.12. The van der Waals surface area contributed by atoms with Crippen molar-refractivity contribution in [2.75, 3.05) is 5.73 Å². The van der Waals surface area contributed by atoms with Crippen LogP contribution in [0.2, 0.25) is 0 Å². The number of rotatable bonds is 2. The third-order valence-corrected chi connectivity index (χ3v) is 2.37. The van der Waals surface area contributed by atoms with E-state index >= 15 is 0 Å². The summed E-state index contributed by atoms with van der Waals surface area (Å²) in [5.74, 6) is 0. The van der Waals surface area contributed by atoms with Crippen LogP contribution < -0.4 is 5.73 Å². The fourth-order valence-corrected chi connectivity index (χ4v) is 1.75. The highest BCUT2D eigenvalue weighted by atomic mass is 79.9. The smallest absolute Gasteiger partial charge is 0.265 e. The number of anilines is 1. The van der Waals surface area contributed by atoms with Gasteiger partial charge in [0.25, 0.3) is 6.43 Å². The first-order valence-corrected chi connectivity index (χ1v) is 4.78. The molecule has 0 aliphatic heterocycles. The molecule has 0 spiro atoms. The lowest BCUT2D eigenvalue weighted by molar-refractivity contribution is 0.149. The van der Waals surface area contributed by atoms with Gasteiger partial charge in [0.2, 0.25) is 0 Å². The predicted octanol–water partition coefficient (Wildman–Crippen LogP) is 2.80. The highest BCUT2D eigenvalue weighted by Crippen LogP contribution is 2.30. The first kappa shape index (κ1) is 10.4. The molecule has 0 aliphatic carbocycles. The van der Waals surface area contributed by atoms with Crippen LogP contribution in [0.1, 0.15) is 23.2 Å². The van der Waals surface area contributed by atoms with Crippen molar-refractivity contribution in [1.29, 1.82) is 0 Å². The van der Waals surface area contributed by atoms with E-state index in [0.29, 0.717) is 22.3 Å². The summed E-state index contributed by atoms with van der Waals surface area (Å²) < 4.78 is 25.1. The SMILES string of the molecule is Cc1ncc(N)c(CBr)c1C(F)F. The van der Waals surface area contributed by atoms with Crippen LogP contribution in [0.3, 0.4) is 0 Å². The van der Waals surface area contributed by atoms with E-state index in [1.54, 1.807) is 6.92 Å². The Bertz CT molecular complexity index is 315. The molecule has 0 aromatic carbocycles. The van der Waals surface area contributed by atoms with Crippen LogP contribution in [-0.2, 0) is 5.33 Å². The molecular weight excluding hydrogens is 242 g/mol. The van der Waals surface area contributed by atoms with Crippen LogP contribution in [0, 0.1) is 6.92 Å². The number of hydrogen-bond acceptors (Lipinski definition) is 2. The van der Waals surface area contributed by atoms with Crippen molar-refractivity contribution < 1.29 is 8.78 Å². The Morgan fingerprint density at radius 3 is 2.62 bits per heavy atom. The first-order chi connectivity index (χ1) is 6.07. The van der Waals surface area contributed by atoms with Crippen LogP contribution >= 0.6 is 15.9 Å². The van der Waals surface area contributed by atoms with Crippen molar-refractivity contribution in [3.63, 3.8) is 0 Å². The topological polar surface area (TPSA) is 38.9 Å². The molecule has 72 valence electrons. The second-order valence-electron chi connectivity index (χ2n) is 2.63. The maximum absolute atomic E-state index is 12.5. The highest BCUT2D eigenvalue weighted by Gasteiger charge is 2.18. The van der Waals surface area contributed by atoms with Crippen LogP contribution in [0.15, 0.2) is 6.20 Å². The summed E-state index contributed by atoms with van der Waals surface area (Å²) in [6.45, 7) is 1.55. The number of pyridine rings is 1. The Hall–Kier alpha value is -0.710. The molecule has 13 heavy (non-hydrogen) atoms. The number of aryl methyl sites for hydroxylation is 1. The Kier molecular flexibility index (Phi) is 3.19. The largest absolute Gasteiger partial charge is 0.397 e. The molecule has 0 radical (unpaired) electrons. The molecule has 5 heteroatoms. The van der Waals surface area contributed by atoms with E-state index in [2.05, 4.69) is 20.9 Å². The number of nitrogen functional groups attached to an aromatic ring is 1. The van der Waals surface area contributed by atoms with Gasteiger partial charge >= 0.3 is 0 Å². The maximum atomic E-state index is 12.5. The Morgan fingerprint density at radius 1 is 1.62 bits per heavy atom. The molecule has 0 saturated carbocycles. The molecule has 2 N–H and O–H groups in total. The minimum atomic E-state index is -2.52. The lowest BCUT2D eigenvalue weighted by Crippen LogP contribution is -2.03. The van der Waals surface area contributed by atoms with E-state index in [4.69, 9.17) is 5.73 Å². The Labute approximate surface area is 83.3 Å². The Morgan fingerprint density at radius 2 is 2.23 bits per heavy atom. The maximum Gasteiger partial charge on any atom is 0.265 e. The standard InChI is InChI=1S/C8H9BrF2N2/c1-4-7(8(10)11)5(2-9)6(12)3-13-4/h3,8H,2,12H2,1H3. The third kappa shape index (κ3) is 1.96. The van der Waals surface area contributed by atoms with Gasteiger partial charge in [0, 0.05) is 16.6 Å². The van der Waals surface area contributed by atoms with Crippen molar-refractivity contribution in [3.05, 3.63) is 23.0 Å². The van der Waals surface area contributed by atoms with Crippen LogP contribution in [-0.4, -0.2) is 4.98 Å². The zero-order valence-corrected chi connectivity index (χ0v) is 8.61. The third-order valence-electron chi connectivity index (χ3n) is 1.81. The fourth-order valence-electron chi connectivity index (χ4n) is 1.13. The van der Waals surface area contributed by atoms with Crippen LogP contribution in [0.25, 0.3) is 0 Å². The van der Waals surface area contributed by atoms with Gasteiger partial charge in [0.05, 0.1) is 11.9 Å². The van der Waals surface area contributed by atoms with E-state index in [0.717, 1.165) is 0 Å². The first-order valence-electron chi connectivity index (χ1n) is 3.66. The summed E-state index contributed by atoms with van der Waals surface area (Å²) in [5.41, 5.74) is 6.52. The van der Waals surface area contributed by atoms with Gasteiger partial charge in [0.15, 0.2) is 0 Å². The average molecular weight is 251 g/mol. The van der Waals surface area contributed by atoms with E-state index < -0.39 is 6.43 Å². The van der Waals surface area contributed by atoms with Crippen molar-refractivity contribution in [2.24, 2.45) is 0 Å². The number of alkyl halides is 3. The summed E-state index contributed by atoms with van der Waals surface area (Å²) in [7, 11) is 0. The predicted molar refractivity (Wildman–Crippen MR) is 51.0 cm³/mol. The molecule has 1 aromatic rings. The minimum absolute atomic E-state index is 0.0584. The molecule has 1 heterocycles. The summed E-state index contributed by atoms with van der Waals surface area (Å²) in [4.78, 5) is 3.78. The molecule has 0 bridgehead atoms. The summed E-state index contributed by atoms with van der Waals surface area (Å²) in [5, 5.41) is 0.321. The lowest BCUT2D eigenvalue weighted by atomic mass is 10.1. The van der Waals surface area contributed by atoms with Gasteiger partial charge in [-0.05, 0) is 12.5 Å². The molecule has 2 nitrogen and oxygen atoms in total. The molecule has 0 atom stereocenters. The summed E-state index contributed by atoms with van der Waals surface area (Å²) in [6.07, 6.45) is -1.12. The molecule has 0 aliphatic rings. The van der Waals surface area contributed by atoms with Gasteiger partial charge in [0.1, 0.15) is 0 Å². The molecule has 0 unspecified atom stereocenters. The normalized spacial score (nSPS) is 10.8. The van der Waals surface area contributed by atoms with Crippen LogP contribution in [0.4, 0.5) is 14.5 Å². The van der Waals surface area contributed by atoms with E-state index in [9.17, 15) is 8.78 Å². The van der Waals surface area contributed by atoms with Gasteiger partial charge in [-0.15, -0.1) is 0 Å². The van der Waals surface area contributed by atoms with Crippen molar-refractivity contribution >= 4 is 21.6 Å². The van der Waals surface area contributed by atoms with E-state index in [-0.39, 0.29) is 5.56 Å². The molecule has 1 aromatic heterocycles. The number of halogens is 3. The zero-order chi connectivity index (χ0) is 10.0. The monoisotopic (exact) mass is 250 g/mol. The van der Waals surface area contributed by atoms with Crippen molar-refractivity contribution in [1.82, 2.24) is 4.98 Å². The molecule has 1 rings (SSSR count). The number of aromatic nitrogens is 1. The molecular formula is C8H9BrF2N2. The second kappa shape index (κ2) is 4.00. The van der Waals surface area contributed by atoms with Gasteiger partial charge in [-0.3, -0.25) is 4.98 Å².